The molecule has 1 aromatic carbocycles. The first kappa shape index (κ1) is 19.5. The van der Waals surface area contributed by atoms with Crippen LogP contribution in [0.5, 0.6) is 0 Å². The van der Waals surface area contributed by atoms with E-state index < -0.39 is 5.41 Å². The van der Waals surface area contributed by atoms with Gasteiger partial charge in [-0.2, -0.15) is 9.61 Å². The molecule has 0 unspecified atom stereocenters. The minimum absolute atomic E-state index is 0.194. The van der Waals surface area contributed by atoms with Gasteiger partial charge in [0.05, 0.1) is 17.7 Å². The molecule has 0 bridgehead atoms. The molecule has 8 nitrogen and oxygen atoms in total. The molecule has 0 saturated carbocycles. The summed E-state index contributed by atoms with van der Waals surface area (Å²) < 4.78 is 6.91. The molecular formula is C20H23N5O3. The van der Waals surface area contributed by atoms with Crippen LogP contribution in [0.2, 0.25) is 0 Å². The molecule has 8 heteroatoms. The zero-order valence-corrected chi connectivity index (χ0v) is 16.4. The second kappa shape index (κ2) is 7.75. The number of hydrogen-bond donors (Lipinski definition) is 1. The first-order valence-electron chi connectivity index (χ1n) is 9.00. The number of carbonyl (C=O) groups excluding carboxylic acids is 2. The van der Waals surface area contributed by atoms with Gasteiger partial charge >= 0.3 is 5.97 Å². The molecule has 0 aliphatic rings. The highest BCUT2D eigenvalue weighted by molar-refractivity contribution is 5.88. The molecule has 0 fully saturated rings. The van der Waals surface area contributed by atoms with Crippen LogP contribution in [0, 0.1) is 5.41 Å². The van der Waals surface area contributed by atoms with Gasteiger partial charge in [0.25, 0.3) is 0 Å². The van der Waals surface area contributed by atoms with Crippen molar-refractivity contribution < 1.29 is 14.3 Å². The summed E-state index contributed by atoms with van der Waals surface area (Å²) in [6, 6.07) is 9.59. The summed E-state index contributed by atoms with van der Waals surface area (Å²) in [5.41, 5.74) is 2.32. The van der Waals surface area contributed by atoms with E-state index >= 15 is 0 Å². The molecule has 0 spiro atoms. The number of hydrogen-bond acceptors (Lipinski definition) is 6. The minimum Gasteiger partial charge on any atom is -0.465 e. The average molecular weight is 381 g/mol. The van der Waals surface area contributed by atoms with Crippen LogP contribution in [0.15, 0.2) is 36.7 Å². The highest BCUT2D eigenvalue weighted by atomic mass is 16.5. The largest absolute Gasteiger partial charge is 0.465 e. The molecule has 1 N–H and O–H groups in total. The number of nitrogens with one attached hydrogen (secondary N) is 1. The fraction of sp³-hybridized carbons (Fsp3) is 0.350. The van der Waals surface area contributed by atoms with Crippen molar-refractivity contribution in [3.05, 3.63) is 42.2 Å². The van der Waals surface area contributed by atoms with E-state index in [1.807, 2.05) is 51.1 Å². The average Bonchev–Trinajstić information content (AvgIpc) is 3.12. The maximum Gasteiger partial charge on any atom is 0.311 e. The number of aromatic nitrogens is 4. The summed E-state index contributed by atoms with van der Waals surface area (Å²) in [7, 11) is 0. The Morgan fingerprint density at radius 1 is 1.18 bits per heavy atom. The fourth-order valence-corrected chi connectivity index (χ4v) is 2.69. The Labute approximate surface area is 163 Å². The van der Waals surface area contributed by atoms with Gasteiger partial charge in [-0.1, -0.05) is 30.3 Å². The molecule has 1 amide bonds. The molecule has 2 aromatic heterocycles. The topological polar surface area (TPSA) is 98.5 Å². The second-order valence-electron chi connectivity index (χ2n) is 7.44. The van der Waals surface area contributed by atoms with Crippen molar-refractivity contribution in [2.24, 2.45) is 5.41 Å². The molecule has 3 rings (SSSR count). The molecule has 28 heavy (non-hydrogen) atoms. The van der Waals surface area contributed by atoms with Gasteiger partial charge in [-0.25, -0.2) is 9.97 Å². The van der Waals surface area contributed by atoms with Crippen LogP contribution in [0.25, 0.3) is 16.9 Å². The van der Waals surface area contributed by atoms with Crippen LogP contribution >= 0.6 is 0 Å². The highest BCUT2D eigenvalue weighted by Gasteiger charge is 2.24. The number of esters is 1. The summed E-state index contributed by atoms with van der Waals surface area (Å²) in [5.74, 6) is -0.237. The van der Waals surface area contributed by atoms with Gasteiger partial charge in [0.1, 0.15) is 6.33 Å². The Bertz CT molecular complexity index is 1010. The number of ether oxygens (including phenoxy) is 1. The summed E-state index contributed by atoms with van der Waals surface area (Å²) in [6.45, 7) is 7.04. The maximum atomic E-state index is 12.1. The van der Waals surface area contributed by atoms with Crippen molar-refractivity contribution >= 4 is 23.5 Å². The number of benzene rings is 1. The molecular weight excluding hydrogens is 358 g/mol. The lowest BCUT2D eigenvalue weighted by atomic mass is 9.97. The van der Waals surface area contributed by atoms with Crippen LogP contribution < -0.4 is 5.32 Å². The predicted octanol–water partition coefficient (Wildman–Crippen LogP) is 2.88. The third-order valence-corrected chi connectivity index (χ3v) is 4.05. The summed E-state index contributed by atoms with van der Waals surface area (Å²) in [4.78, 5) is 32.6. The van der Waals surface area contributed by atoms with Gasteiger partial charge in [0, 0.05) is 24.5 Å². The van der Waals surface area contributed by atoms with E-state index in [2.05, 4.69) is 20.4 Å². The van der Waals surface area contributed by atoms with E-state index in [1.165, 1.54) is 17.8 Å². The third-order valence-electron chi connectivity index (χ3n) is 4.05. The monoisotopic (exact) mass is 381 g/mol. The quantitative estimate of drug-likeness (QED) is 0.683. The highest BCUT2D eigenvalue weighted by Crippen LogP contribution is 2.27. The van der Waals surface area contributed by atoms with Gasteiger partial charge in [-0.15, -0.1) is 0 Å². The predicted molar refractivity (Wildman–Crippen MR) is 105 cm³/mol. The zero-order chi connectivity index (χ0) is 20.3. The van der Waals surface area contributed by atoms with Crippen LogP contribution in [-0.4, -0.2) is 38.1 Å². The van der Waals surface area contributed by atoms with Crippen molar-refractivity contribution in [2.45, 2.75) is 34.1 Å². The van der Waals surface area contributed by atoms with Gasteiger partial charge in [-0.05, 0) is 20.8 Å². The number of rotatable bonds is 5. The first-order chi connectivity index (χ1) is 13.3. The van der Waals surface area contributed by atoms with Gasteiger partial charge in [-0.3, -0.25) is 14.9 Å². The zero-order valence-electron chi connectivity index (χ0n) is 16.4. The second-order valence-corrected chi connectivity index (χ2v) is 7.44. The smallest absolute Gasteiger partial charge is 0.311 e. The molecule has 0 radical (unpaired) electrons. The number of nitrogens with zero attached hydrogens (tertiary/aromatic N) is 4. The standard InChI is InChI=1S/C20H23N5O3/c1-13(26)23-19-24-16(14-8-6-5-7-9-14)15(17-21-12-22-25(17)19)10-11-28-18(27)20(2,3)4/h5-9,12H,10-11H2,1-4H3,(H,23,24,26). The number of amides is 1. The van der Waals surface area contributed by atoms with Crippen LogP contribution in [0.3, 0.4) is 0 Å². The van der Waals surface area contributed by atoms with Gasteiger partial charge in [0.2, 0.25) is 11.9 Å². The third kappa shape index (κ3) is 4.16. The van der Waals surface area contributed by atoms with Gasteiger partial charge in [0.15, 0.2) is 5.65 Å². The number of carbonyl (C=O) groups is 2. The summed E-state index contributed by atoms with van der Waals surface area (Å²) >= 11 is 0. The molecule has 146 valence electrons. The number of anilines is 1. The minimum atomic E-state index is -0.569. The molecule has 0 saturated heterocycles. The van der Waals surface area contributed by atoms with Crippen molar-refractivity contribution in [1.82, 2.24) is 19.6 Å². The molecule has 0 aliphatic heterocycles. The Kier molecular flexibility index (Phi) is 5.39. The first-order valence-corrected chi connectivity index (χ1v) is 9.00. The van der Waals surface area contributed by atoms with Crippen molar-refractivity contribution in [3.8, 4) is 11.3 Å². The Hall–Kier alpha value is -3.29. The normalized spacial score (nSPS) is 11.4. The molecule has 0 aliphatic carbocycles. The molecule has 2 heterocycles. The lowest BCUT2D eigenvalue weighted by Gasteiger charge is -2.17. The van der Waals surface area contributed by atoms with Crippen LogP contribution in [-0.2, 0) is 20.7 Å². The lowest BCUT2D eigenvalue weighted by molar-refractivity contribution is -0.152. The van der Waals surface area contributed by atoms with Gasteiger partial charge < -0.3 is 4.74 Å². The van der Waals surface area contributed by atoms with Crippen LogP contribution in [0.1, 0.15) is 33.3 Å². The molecule has 3 aromatic rings. The van der Waals surface area contributed by atoms with E-state index in [4.69, 9.17) is 4.74 Å². The fourth-order valence-electron chi connectivity index (χ4n) is 2.69. The van der Waals surface area contributed by atoms with E-state index in [9.17, 15) is 9.59 Å². The van der Waals surface area contributed by atoms with Crippen LogP contribution in [0.4, 0.5) is 5.95 Å². The Balaban J connectivity index is 2.03. The maximum absolute atomic E-state index is 12.1. The lowest BCUT2D eigenvalue weighted by Crippen LogP contribution is -2.24. The summed E-state index contributed by atoms with van der Waals surface area (Å²) in [5, 5.41) is 6.86. The van der Waals surface area contributed by atoms with E-state index in [0.717, 1.165) is 11.1 Å². The Morgan fingerprint density at radius 3 is 2.54 bits per heavy atom. The van der Waals surface area contributed by atoms with E-state index in [-0.39, 0.29) is 24.4 Å². The Morgan fingerprint density at radius 2 is 1.89 bits per heavy atom. The van der Waals surface area contributed by atoms with E-state index in [0.29, 0.717) is 17.8 Å². The summed E-state index contributed by atoms with van der Waals surface area (Å²) in [6.07, 6.45) is 1.82. The van der Waals surface area contributed by atoms with Crippen molar-refractivity contribution in [1.29, 1.82) is 0 Å². The van der Waals surface area contributed by atoms with E-state index in [1.54, 1.807) is 0 Å². The number of fused-ring (bicyclic) bond motifs is 1. The van der Waals surface area contributed by atoms with Crippen molar-refractivity contribution in [2.75, 3.05) is 11.9 Å². The SMILES string of the molecule is CC(=O)Nc1nc(-c2ccccc2)c(CCOC(=O)C(C)(C)C)c2ncnn12. The van der Waals surface area contributed by atoms with Crippen molar-refractivity contribution in [3.63, 3.8) is 0 Å². The molecule has 0 atom stereocenters.